The van der Waals surface area contributed by atoms with E-state index in [1.165, 1.54) is 14.0 Å². The molecule has 0 N–H and O–H groups in total. The Hall–Kier alpha value is -4.74. The third-order valence-electron chi connectivity index (χ3n) is 9.03. The van der Waals surface area contributed by atoms with E-state index in [0.29, 0.717) is 0 Å². The second-order valence-corrected chi connectivity index (χ2v) is 13.5. The number of ether oxygens (including phenoxy) is 11. The number of hydrogen-bond donors (Lipinski definition) is 0. The quantitative estimate of drug-likeness (QED) is 0.132. The van der Waals surface area contributed by atoms with Crippen LogP contribution >= 0.6 is 0 Å². The Morgan fingerprint density at radius 2 is 0.947 bits per heavy atom. The zero-order valence-electron chi connectivity index (χ0n) is 32.6. The summed E-state index contributed by atoms with van der Waals surface area (Å²) in [7, 11) is 1.49. The van der Waals surface area contributed by atoms with Crippen molar-refractivity contribution in [1.29, 1.82) is 0 Å². The molecule has 0 spiro atoms. The second kappa shape index (κ2) is 21.7. The van der Waals surface area contributed by atoms with Crippen molar-refractivity contribution in [2.45, 2.75) is 109 Å². The fourth-order valence-electron chi connectivity index (χ4n) is 6.59. The molecule has 0 amide bonds. The Morgan fingerprint density at radius 1 is 0.491 bits per heavy atom. The average Bonchev–Trinajstić information content (AvgIpc) is 3.19. The molecular formula is C42H50O15. The van der Waals surface area contributed by atoms with Crippen LogP contribution in [0.15, 0.2) is 91.0 Å². The first-order valence-electron chi connectivity index (χ1n) is 18.6. The van der Waals surface area contributed by atoms with Gasteiger partial charge in [-0.2, -0.15) is 0 Å². The van der Waals surface area contributed by atoms with Crippen molar-refractivity contribution in [2.75, 3.05) is 20.3 Å². The van der Waals surface area contributed by atoms with E-state index in [-0.39, 0.29) is 26.4 Å². The van der Waals surface area contributed by atoms with Crippen LogP contribution in [-0.4, -0.2) is 106 Å². The molecule has 0 bridgehead atoms. The molecule has 15 heteroatoms. The van der Waals surface area contributed by atoms with Crippen LogP contribution in [0.2, 0.25) is 0 Å². The summed E-state index contributed by atoms with van der Waals surface area (Å²) in [6.45, 7) is 4.65. The highest BCUT2D eigenvalue weighted by Gasteiger charge is 2.56. The molecule has 5 rings (SSSR count). The van der Waals surface area contributed by atoms with Gasteiger partial charge in [0.05, 0.1) is 26.4 Å². The van der Waals surface area contributed by atoms with Gasteiger partial charge in [0, 0.05) is 34.8 Å². The number of rotatable bonds is 18. The van der Waals surface area contributed by atoms with Crippen molar-refractivity contribution in [3.63, 3.8) is 0 Å². The lowest BCUT2D eigenvalue weighted by molar-refractivity contribution is -0.367. The summed E-state index contributed by atoms with van der Waals surface area (Å²) in [6, 6.07) is 28.5. The molecule has 2 aliphatic heterocycles. The first kappa shape index (κ1) is 43.4. The van der Waals surface area contributed by atoms with Crippen molar-refractivity contribution in [3.8, 4) is 0 Å². The molecule has 3 aromatic carbocycles. The molecule has 0 aliphatic carbocycles. The number of methoxy groups -OCH3 is 1. The minimum absolute atomic E-state index is 0.0404. The lowest BCUT2D eigenvalue weighted by Gasteiger charge is -2.49. The lowest BCUT2D eigenvalue weighted by atomic mass is 9.96. The number of benzene rings is 3. The van der Waals surface area contributed by atoms with Crippen LogP contribution < -0.4 is 0 Å². The monoisotopic (exact) mass is 794 g/mol. The van der Waals surface area contributed by atoms with Crippen LogP contribution in [0.25, 0.3) is 0 Å². The van der Waals surface area contributed by atoms with Crippen molar-refractivity contribution in [3.05, 3.63) is 108 Å². The lowest BCUT2D eigenvalue weighted by Crippen LogP contribution is -2.67. The van der Waals surface area contributed by atoms with Gasteiger partial charge in [0.15, 0.2) is 30.9 Å². The van der Waals surface area contributed by atoms with Crippen LogP contribution in [-0.2, 0) is 91.1 Å². The summed E-state index contributed by atoms with van der Waals surface area (Å²) in [6.07, 6.45) is -12.1. The van der Waals surface area contributed by atoms with E-state index in [2.05, 4.69) is 0 Å². The van der Waals surface area contributed by atoms with Gasteiger partial charge in [0.1, 0.15) is 37.1 Å². The molecular weight excluding hydrogens is 744 g/mol. The molecule has 57 heavy (non-hydrogen) atoms. The molecule has 15 nitrogen and oxygen atoms in total. The highest BCUT2D eigenvalue weighted by molar-refractivity contribution is 5.68. The minimum atomic E-state index is -1.55. The van der Waals surface area contributed by atoms with E-state index < -0.39 is 91.9 Å². The maximum atomic E-state index is 12.7. The Bertz CT molecular complexity index is 1710. The summed E-state index contributed by atoms with van der Waals surface area (Å²) in [4.78, 5) is 49.5. The molecule has 10 atom stereocenters. The molecule has 2 heterocycles. The standard InChI is InChI=1S/C42H50O15/c1-26(43)49-25-34-36(52-27(2)44)38(53-28(3)45)40(54-29(4)46)42(56-34)57-35-33(24-48-21-30-15-9-6-10-16-30)55-41(47-5)39(51-23-32-19-13-8-14-20-32)37(35)50-22-31-17-11-7-12-18-31/h6-20,33-42H,21-25H2,1-5H3/t33?,34?,35-,36-,37?,38?,39?,40?,41+,42+/m1/s1. The van der Waals surface area contributed by atoms with Crippen LogP contribution in [0.5, 0.6) is 0 Å². The highest BCUT2D eigenvalue weighted by atomic mass is 16.8. The summed E-state index contributed by atoms with van der Waals surface area (Å²) >= 11 is 0. The Labute approximate surface area is 331 Å². The molecule has 2 saturated heterocycles. The van der Waals surface area contributed by atoms with Crippen molar-refractivity contribution >= 4 is 23.9 Å². The summed E-state index contributed by atoms with van der Waals surface area (Å²) in [5, 5.41) is 0. The van der Waals surface area contributed by atoms with Gasteiger partial charge in [-0.05, 0) is 16.7 Å². The van der Waals surface area contributed by atoms with Crippen molar-refractivity contribution in [2.24, 2.45) is 0 Å². The normalized spacial score (nSPS) is 27.2. The predicted octanol–water partition coefficient (Wildman–Crippen LogP) is 4.21. The first-order valence-corrected chi connectivity index (χ1v) is 18.6. The minimum Gasteiger partial charge on any atom is -0.463 e. The third kappa shape index (κ3) is 12.9. The number of esters is 4. The molecule has 2 fully saturated rings. The molecule has 0 radical (unpaired) electrons. The Morgan fingerprint density at radius 3 is 1.46 bits per heavy atom. The SMILES string of the molecule is CO[C@H]1OC(COCc2ccccc2)[C@@H](O[C@@H]2OC(COC(C)=O)[C@@H](OC(C)=O)C(OC(C)=O)C2OC(C)=O)C(OCc2ccccc2)C1OCc1ccccc1. The van der Waals surface area contributed by atoms with Gasteiger partial charge >= 0.3 is 23.9 Å². The fourth-order valence-corrected chi connectivity index (χ4v) is 6.59. The van der Waals surface area contributed by atoms with Gasteiger partial charge in [-0.1, -0.05) is 91.0 Å². The molecule has 2 aliphatic rings. The van der Waals surface area contributed by atoms with Crippen LogP contribution in [0.3, 0.4) is 0 Å². The van der Waals surface area contributed by atoms with Crippen molar-refractivity contribution in [1.82, 2.24) is 0 Å². The summed E-state index contributed by atoms with van der Waals surface area (Å²) < 4.78 is 67.2. The topological polar surface area (TPSA) is 170 Å². The molecule has 0 aromatic heterocycles. The van der Waals surface area contributed by atoms with E-state index in [0.717, 1.165) is 37.5 Å². The largest absolute Gasteiger partial charge is 0.463 e. The number of hydrogen-bond acceptors (Lipinski definition) is 15. The predicted molar refractivity (Wildman–Crippen MR) is 199 cm³/mol. The van der Waals surface area contributed by atoms with Gasteiger partial charge in [0.2, 0.25) is 0 Å². The third-order valence-corrected chi connectivity index (χ3v) is 9.03. The Balaban J connectivity index is 1.56. The fraction of sp³-hybridized carbons (Fsp3) is 0.476. The van der Waals surface area contributed by atoms with Crippen molar-refractivity contribution < 1.29 is 71.3 Å². The summed E-state index contributed by atoms with van der Waals surface area (Å²) in [5.41, 5.74) is 2.64. The average molecular weight is 795 g/mol. The van der Waals surface area contributed by atoms with Gasteiger partial charge < -0.3 is 52.1 Å². The molecule has 6 unspecified atom stereocenters. The van der Waals surface area contributed by atoms with Gasteiger partial charge in [-0.3, -0.25) is 19.2 Å². The van der Waals surface area contributed by atoms with E-state index >= 15 is 0 Å². The maximum absolute atomic E-state index is 12.7. The van der Waals surface area contributed by atoms with Gasteiger partial charge in [-0.25, -0.2) is 0 Å². The van der Waals surface area contributed by atoms with E-state index in [4.69, 9.17) is 52.1 Å². The Kier molecular flexibility index (Phi) is 16.5. The second-order valence-electron chi connectivity index (χ2n) is 13.5. The van der Waals surface area contributed by atoms with Gasteiger partial charge in [0.25, 0.3) is 0 Å². The molecule has 3 aromatic rings. The smallest absolute Gasteiger partial charge is 0.303 e. The zero-order valence-corrected chi connectivity index (χ0v) is 32.6. The van der Waals surface area contributed by atoms with Gasteiger partial charge in [-0.15, -0.1) is 0 Å². The molecule has 0 saturated carbocycles. The number of carbonyl (C=O) groups is 4. The number of carbonyl (C=O) groups excluding carboxylic acids is 4. The van der Waals surface area contributed by atoms with Crippen LogP contribution in [0.4, 0.5) is 0 Å². The van der Waals surface area contributed by atoms with E-state index in [9.17, 15) is 19.2 Å². The first-order chi connectivity index (χ1) is 27.5. The van der Waals surface area contributed by atoms with Crippen LogP contribution in [0.1, 0.15) is 44.4 Å². The van der Waals surface area contributed by atoms with E-state index in [1.807, 2.05) is 91.0 Å². The highest BCUT2D eigenvalue weighted by Crippen LogP contribution is 2.36. The maximum Gasteiger partial charge on any atom is 0.303 e. The van der Waals surface area contributed by atoms with Crippen LogP contribution in [0, 0.1) is 0 Å². The zero-order chi connectivity index (χ0) is 40.7. The molecule has 308 valence electrons. The van der Waals surface area contributed by atoms with E-state index in [1.54, 1.807) is 0 Å². The summed E-state index contributed by atoms with van der Waals surface area (Å²) in [5.74, 6) is -2.98.